The maximum absolute atomic E-state index is 16.5. The van der Waals surface area contributed by atoms with Gasteiger partial charge in [0.15, 0.2) is 4.75 Å². The van der Waals surface area contributed by atoms with Crippen molar-refractivity contribution in [2.45, 2.75) is 17.3 Å². The number of alkyl halides is 1. The molecule has 5 rings (SSSR count). The van der Waals surface area contributed by atoms with Crippen LogP contribution in [0.25, 0.3) is 16.5 Å². The Morgan fingerprint density at radius 2 is 1.62 bits per heavy atom. The lowest BCUT2D eigenvalue weighted by Gasteiger charge is -2.35. The number of carboxylic acids is 1. The van der Waals surface area contributed by atoms with Crippen LogP contribution in [0.2, 0.25) is 0 Å². The highest BCUT2D eigenvalue weighted by atomic mass is 32.2. The van der Waals surface area contributed by atoms with Gasteiger partial charge in [0.25, 0.3) is 0 Å². The molecule has 1 aliphatic carbocycles. The van der Waals surface area contributed by atoms with E-state index in [2.05, 4.69) is 4.72 Å². The number of rotatable bonds is 8. The Morgan fingerprint density at radius 1 is 0.973 bits per heavy atom. The molecule has 0 spiro atoms. The topological polar surface area (TPSA) is 96.6 Å². The fraction of sp³-hybridized carbons (Fsp3) is 0.138. The molecule has 188 valence electrons. The van der Waals surface area contributed by atoms with Gasteiger partial charge in [0.1, 0.15) is 24.1 Å². The Balaban J connectivity index is 1.74. The van der Waals surface area contributed by atoms with Crippen LogP contribution in [0.1, 0.15) is 22.5 Å². The summed E-state index contributed by atoms with van der Waals surface area (Å²) in [6.07, 6.45) is 2.32. The molecule has 0 saturated heterocycles. The van der Waals surface area contributed by atoms with Crippen LogP contribution in [-0.2, 0) is 26.0 Å². The van der Waals surface area contributed by atoms with Crippen molar-refractivity contribution in [3.8, 4) is 0 Å². The van der Waals surface area contributed by atoms with Crippen molar-refractivity contribution in [3.05, 3.63) is 126 Å². The van der Waals surface area contributed by atoms with Gasteiger partial charge in [-0.05, 0) is 28.8 Å². The van der Waals surface area contributed by atoms with Gasteiger partial charge in [-0.25, -0.2) is 17.5 Å². The first-order valence-corrected chi connectivity index (χ1v) is 13.2. The quantitative estimate of drug-likeness (QED) is 0.334. The van der Waals surface area contributed by atoms with E-state index in [0.717, 1.165) is 11.1 Å². The van der Waals surface area contributed by atoms with Gasteiger partial charge in [0, 0.05) is 17.4 Å². The van der Waals surface area contributed by atoms with Gasteiger partial charge in [-0.2, -0.15) is 0 Å². The summed E-state index contributed by atoms with van der Waals surface area (Å²) in [5, 5.41) is 9.64. The van der Waals surface area contributed by atoms with E-state index in [0.29, 0.717) is 16.5 Å². The molecule has 0 bridgehead atoms. The van der Waals surface area contributed by atoms with Gasteiger partial charge in [0.05, 0.1) is 0 Å². The van der Waals surface area contributed by atoms with E-state index in [1.165, 1.54) is 12.2 Å². The molecule has 8 heteroatoms. The highest BCUT2D eigenvalue weighted by molar-refractivity contribution is 7.90. The highest BCUT2D eigenvalue weighted by Crippen LogP contribution is 2.47. The molecule has 2 N–H and O–H groups in total. The standard InChI is InChI=1S/C29H24FNO5S/c30-26-18-22(21-11-5-2-6-12-21)15-16-29(26,37(34,35)31-19-27(32)33)28-23-13-7-8-14-24(23)36-25(28)17-20-9-3-1-4-10-20/h1-16,18,26,31H,17,19H2,(H,32,33). The number of sulfonamides is 1. The molecule has 0 fully saturated rings. The van der Waals surface area contributed by atoms with Crippen LogP contribution in [0, 0.1) is 0 Å². The van der Waals surface area contributed by atoms with E-state index in [1.54, 1.807) is 42.5 Å². The number of allylic oxidation sites excluding steroid dienone is 3. The maximum atomic E-state index is 16.5. The third kappa shape index (κ3) is 4.50. The zero-order valence-corrected chi connectivity index (χ0v) is 20.5. The Labute approximate surface area is 213 Å². The zero-order chi connectivity index (χ0) is 26.0. The average molecular weight is 518 g/mol. The second-order valence-electron chi connectivity index (χ2n) is 8.79. The number of para-hydroxylation sites is 1. The molecule has 1 heterocycles. The van der Waals surface area contributed by atoms with Crippen molar-refractivity contribution < 1.29 is 27.1 Å². The van der Waals surface area contributed by atoms with Crippen molar-refractivity contribution in [1.29, 1.82) is 0 Å². The molecule has 0 amide bonds. The number of hydrogen-bond donors (Lipinski definition) is 2. The summed E-state index contributed by atoms with van der Waals surface area (Å²) < 4.78 is 50.3. The summed E-state index contributed by atoms with van der Waals surface area (Å²) in [6, 6.07) is 25.3. The lowest BCUT2D eigenvalue weighted by atomic mass is 9.83. The first-order valence-electron chi connectivity index (χ1n) is 11.7. The van der Waals surface area contributed by atoms with Crippen LogP contribution >= 0.6 is 0 Å². The minimum Gasteiger partial charge on any atom is -0.480 e. The molecule has 0 saturated carbocycles. The third-order valence-electron chi connectivity index (χ3n) is 6.48. The molecule has 6 nitrogen and oxygen atoms in total. The molecule has 1 aliphatic rings. The van der Waals surface area contributed by atoms with Gasteiger partial charge in [-0.1, -0.05) is 91.0 Å². The Morgan fingerprint density at radius 3 is 2.30 bits per heavy atom. The van der Waals surface area contributed by atoms with Crippen LogP contribution in [0.3, 0.4) is 0 Å². The first kappa shape index (κ1) is 24.7. The van der Waals surface area contributed by atoms with E-state index >= 15 is 4.39 Å². The number of carbonyl (C=O) groups is 1. The van der Waals surface area contributed by atoms with E-state index in [9.17, 15) is 18.3 Å². The molecule has 2 atom stereocenters. The van der Waals surface area contributed by atoms with Crippen LogP contribution in [0.15, 0.2) is 108 Å². The summed E-state index contributed by atoms with van der Waals surface area (Å²) in [5.74, 6) is -1.09. The normalized spacial score (nSPS) is 19.6. The number of nitrogens with one attached hydrogen (secondary N) is 1. The fourth-order valence-electron chi connectivity index (χ4n) is 4.77. The van der Waals surface area contributed by atoms with E-state index in [4.69, 9.17) is 4.42 Å². The number of halogens is 1. The van der Waals surface area contributed by atoms with Crippen molar-refractivity contribution >= 4 is 32.5 Å². The Kier molecular flexibility index (Phi) is 6.54. The molecular formula is C29H24FNO5S. The molecule has 1 aromatic heterocycles. The minimum absolute atomic E-state index is 0.150. The van der Waals surface area contributed by atoms with Crippen molar-refractivity contribution in [1.82, 2.24) is 4.72 Å². The molecule has 37 heavy (non-hydrogen) atoms. The van der Waals surface area contributed by atoms with E-state index < -0.39 is 33.5 Å². The number of hydrogen-bond acceptors (Lipinski definition) is 4. The van der Waals surface area contributed by atoms with Gasteiger partial charge in [0.2, 0.25) is 10.0 Å². The summed E-state index contributed by atoms with van der Waals surface area (Å²) >= 11 is 0. The van der Waals surface area contributed by atoms with Gasteiger partial charge >= 0.3 is 5.97 Å². The van der Waals surface area contributed by atoms with Crippen molar-refractivity contribution in [2.24, 2.45) is 0 Å². The largest absolute Gasteiger partial charge is 0.480 e. The number of benzene rings is 3. The van der Waals surface area contributed by atoms with Crippen molar-refractivity contribution in [3.63, 3.8) is 0 Å². The maximum Gasteiger partial charge on any atom is 0.318 e. The smallest absolute Gasteiger partial charge is 0.318 e. The molecule has 3 aromatic carbocycles. The molecule has 4 aromatic rings. The predicted molar refractivity (Wildman–Crippen MR) is 140 cm³/mol. The van der Waals surface area contributed by atoms with Crippen molar-refractivity contribution in [2.75, 3.05) is 6.54 Å². The van der Waals surface area contributed by atoms with Crippen LogP contribution < -0.4 is 4.72 Å². The van der Waals surface area contributed by atoms with E-state index in [1.807, 2.05) is 48.5 Å². The number of fused-ring (bicyclic) bond motifs is 1. The van der Waals surface area contributed by atoms with Gasteiger partial charge in [-0.3, -0.25) is 4.79 Å². The SMILES string of the molecule is O=C(O)CNS(=O)(=O)C1(c2c(Cc3ccccc3)oc3ccccc23)C=CC(c2ccccc2)=CC1F. The predicted octanol–water partition coefficient (Wildman–Crippen LogP) is 5.21. The first-order chi connectivity index (χ1) is 17.8. The van der Waals surface area contributed by atoms with Gasteiger partial charge < -0.3 is 9.52 Å². The van der Waals surface area contributed by atoms with Crippen LogP contribution in [0.4, 0.5) is 4.39 Å². The number of furan rings is 1. The second kappa shape index (κ2) is 9.80. The van der Waals surface area contributed by atoms with Crippen LogP contribution in [-0.4, -0.2) is 32.2 Å². The number of aliphatic carboxylic acids is 1. The Bertz CT molecular complexity index is 1610. The summed E-state index contributed by atoms with van der Waals surface area (Å²) in [6.45, 7) is -0.885. The molecule has 0 aliphatic heterocycles. The molecule has 2 unspecified atom stereocenters. The lowest BCUT2D eigenvalue weighted by Crippen LogP contribution is -2.50. The zero-order valence-electron chi connectivity index (χ0n) is 19.7. The van der Waals surface area contributed by atoms with Crippen LogP contribution in [0.5, 0.6) is 0 Å². The Hall–Kier alpha value is -4.01. The summed E-state index contributed by atoms with van der Waals surface area (Å²) in [5.41, 5.74) is 2.67. The number of carboxylic acid groups (broad SMARTS) is 1. The molecule has 0 radical (unpaired) electrons. The fourth-order valence-corrected chi connectivity index (χ4v) is 6.42. The highest BCUT2D eigenvalue weighted by Gasteiger charge is 2.54. The third-order valence-corrected chi connectivity index (χ3v) is 8.46. The molecular weight excluding hydrogens is 493 g/mol. The second-order valence-corrected chi connectivity index (χ2v) is 10.8. The summed E-state index contributed by atoms with van der Waals surface area (Å²) in [7, 11) is -4.62. The minimum atomic E-state index is -4.62. The average Bonchev–Trinajstić information content (AvgIpc) is 3.26. The lowest BCUT2D eigenvalue weighted by molar-refractivity contribution is -0.135. The van der Waals surface area contributed by atoms with E-state index in [-0.39, 0.29) is 17.7 Å². The monoisotopic (exact) mass is 517 g/mol. The summed E-state index contributed by atoms with van der Waals surface area (Å²) in [4.78, 5) is 11.3. The van der Waals surface area contributed by atoms with Gasteiger partial charge in [-0.15, -0.1) is 0 Å².